The summed E-state index contributed by atoms with van der Waals surface area (Å²) in [5.74, 6) is 0. The molecule has 1 aromatic carbocycles. The first kappa shape index (κ1) is 26.1. The van der Waals surface area contributed by atoms with Gasteiger partial charge in [0.15, 0.2) is 0 Å². The lowest BCUT2D eigenvalue weighted by molar-refractivity contribution is -0.803. The summed E-state index contributed by atoms with van der Waals surface area (Å²) >= 11 is 0. The average molecular weight is 417 g/mol. The molecule has 156 valence electrons. The zero-order valence-corrected chi connectivity index (χ0v) is 18.7. The molecule has 0 aromatic heterocycles. The van der Waals surface area contributed by atoms with Crippen LogP contribution in [0.2, 0.25) is 0 Å². The van der Waals surface area contributed by atoms with E-state index in [2.05, 4.69) is 6.92 Å². The van der Waals surface area contributed by atoms with Gasteiger partial charge in [-0.1, -0.05) is 50.5 Å². The van der Waals surface area contributed by atoms with E-state index in [1.807, 2.05) is 38.1 Å². The SMILES string of the molecule is CCCCCCC[N+](CC)(CC)S(=O)(=O)c1ccc(CC=CCN)cc1.[Cl-]. The van der Waals surface area contributed by atoms with E-state index in [0.717, 1.165) is 24.8 Å². The monoisotopic (exact) mass is 416 g/mol. The third-order valence-corrected chi connectivity index (χ3v) is 7.80. The van der Waals surface area contributed by atoms with Crippen molar-refractivity contribution in [2.45, 2.75) is 64.2 Å². The Morgan fingerprint density at radius 3 is 2.04 bits per heavy atom. The van der Waals surface area contributed by atoms with E-state index in [4.69, 9.17) is 5.73 Å². The molecule has 6 heteroatoms. The molecular weight excluding hydrogens is 380 g/mol. The highest BCUT2D eigenvalue weighted by Gasteiger charge is 2.39. The van der Waals surface area contributed by atoms with Crippen molar-refractivity contribution in [3.8, 4) is 0 Å². The van der Waals surface area contributed by atoms with Crippen LogP contribution in [-0.4, -0.2) is 38.5 Å². The van der Waals surface area contributed by atoms with E-state index >= 15 is 0 Å². The number of quaternary nitrogens is 1. The molecule has 27 heavy (non-hydrogen) atoms. The molecule has 0 spiro atoms. The first-order valence-electron chi connectivity index (χ1n) is 10.0. The minimum atomic E-state index is -3.40. The fourth-order valence-corrected chi connectivity index (χ4v) is 5.32. The van der Waals surface area contributed by atoms with E-state index in [1.54, 1.807) is 12.1 Å². The van der Waals surface area contributed by atoms with Crippen molar-refractivity contribution < 1.29 is 24.7 Å². The van der Waals surface area contributed by atoms with Crippen LogP contribution in [0.4, 0.5) is 0 Å². The number of hydrogen-bond acceptors (Lipinski definition) is 3. The van der Waals surface area contributed by atoms with Gasteiger partial charge in [-0.2, -0.15) is 8.42 Å². The number of benzene rings is 1. The van der Waals surface area contributed by atoms with Gasteiger partial charge in [0.05, 0.1) is 19.6 Å². The Morgan fingerprint density at radius 2 is 1.52 bits per heavy atom. The lowest BCUT2D eigenvalue weighted by Crippen LogP contribution is -3.00. The third kappa shape index (κ3) is 7.22. The molecule has 0 fully saturated rings. The molecule has 4 nitrogen and oxygen atoms in total. The lowest BCUT2D eigenvalue weighted by atomic mass is 10.1. The smallest absolute Gasteiger partial charge is 0.327 e. The Morgan fingerprint density at radius 1 is 0.926 bits per heavy atom. The van der Waals surface area contributed by atoms with Gasteiger partial charge in [-0.25, -0.2) is 3.89 Å². The molecule has 0 saturated carbocycles. The fraction of sp³-hybridized carbons (Fsp3) is 0.619. The number of nitrogens with zero attached hydrogens (tertiary/aromatic N) is 1. The molecule has 0 aliphatic carbocycles. The molecule has 0 aliphatic rings. The zero-order chi connectivity index (χ0) is 19.5. The second-order valence-corrected chi connectivity index (χ2v) is 9.05. The third-order valence-electron chi connectivity index (χ3n) is 5.21. The predicted molar refractivity (Wildman–Crippen MR) is 110 cm³/mol. The van der Waals surface area contributed by atoms with Crippen LogP contribution in [0.5, 0.6) is 0 Å². The second kappa shape index (κ2) is 13.3. The van der Waals surface area contributed by atoms with Crippen LogP contribution in [0.1, 0.15) is 58.4 Å². The number of hydrogen-bond donors (Lipinski definition) is 1. The van der Waals surface area contributed by atoms with Crippen molar-refractivity contribution in [3.63, 3.8) is 0 Å². The Hall–Kier alpha value is -0.880. The summed E-state index contributed by atoms with van der Waals surface area (Å²) in [7, 11) is -3.40. The molecule has 0 heterocycles. The van der Waals surface area contributed by atoms with Crippen LogP contribution in [0.3, 0.4) is 0 Å². The largest absolute Gasteiger partial charge is 1.00 e. The fourth-order valence-electron chi connectivity index (χ4n) is 3.34. The van der Waals surface area contributed by atoms with Crippen LogP contribution in [0.15, 0.2) is 41.3 Å². The highest BCUT2D eigenvalue weighted by atomic mass is 35.5. The summed E-state index contributed by atoms with van der Waals surface area (Å²) in [5.41, 5.74) is 6.55. The number of sulfonamides is 1. The molecule has 0 bridgehead atoms. The van der Waals surface area contributed by atoms with Gasteiger partial charge in [0.2, 0.25) is 0 Å². The maximum absolute atomic E-state index is 13.3. The molecule has 0 saturated heterocycles. The summed E-state index contributed by atoms with van der Waals surface area (Å²) in [5, 5.41) is 0. The van der Waals surface area contributed by atoms with E-state index in [-0.39, 0.29) is 16.3 Å². The van der Waals surface area contributed by atoms with Gasteiger partial charge in [-0.05, 0) is 50.8 Å². The van der Waals surface area contributed by atoms with E-state index in [9.17, 15) is 8.42 Å². The molecule has 0 unspecified atom stereocenters. The summed E-state index contributed by atoms with van der Waals surface area (Å²) < 4.78 is 26.8. The van der Waals surface area contributed by atoms with Crippen LogP contribution in [0, 0.1) is 0 Å². The van der Waals surface area contributed by atoms with Gasteiger partial charge in [-0.3, -0.25) is 0 Å². The van der Waals surface area contributed by atoms with Gasteiger partial charge in [0, 0.05) is 6.54 Å². The number of nitrogens with two attached hydrogens (primary N) is 1. The molecule has 1 rings (SSSR count). The number of rotatable bonds is 13. The topological polar surface area (TPSA) is 60.2 Å². The van der Waals surface area contributed by atoms with Crippen molar-refractivity contribution in [2.75, 3.05) is 26.2 Å². The normalized spacial score (nSPS) is 12.3. The first-order valence-corrected chi connectivity index (χ1v) is 11.5. The van der Waals surface area contributed by atoms with Crippen LogP contribution in [-0.2, 0) is 16.4 Å². The lowest BCUT2D eigenvalue weighted by Gasteiger charge is -2.35. The minimum absolute atomic E-state index is 0. The maximum atomic E-state index is 13.3. The summed E-state index contributed by atoms with van der Waals surface area (Å²) in [6, 6.07) is 7.34. The molecule has 1 aromatic rings. The van der Waals surface area contributed by atoms with Gasteiger partial charge >= 0.3 is 10.0 Å². The molecule has 0 aliphatic heterocycles. The first-order chi connectivity index (χ1) is 12.5. The molecular formula is C21H37ClN2O2S. The minimum Gasteiger partial charge on any atom is -1.00 e. The van der Waals surface area contributed by atoms with Crippen LogP contribution in [0.25, 0.3) is 0 Å². The van der Waals surface area contributed by atoms with Gasteiger partial charge in [0.1, 0.15) is 4.90 Å². The van der Waals surface area contributed by atoms with E-state index in [0.29, 0.717) is 31.1 Å². The number of unbranched alkanes of at least 4 members (excludes halogenated alkanes) is 4. The summed E-state index contributed by atoms with van der Waals surface area (Å²) in [4.78, 5) is 0.432. The molecule has 0 radical (unpaired) electrons. The molecule has 0 amide bonds. The Kier molecular flexibility index (Phi) is 12.9. The zero-order valence-electron chi connectivity index (χ0n) is 17.2. The summed E-state index contributed by atoms with van der Waals surface area (Å²) in [6.07, 6.45) is 10.4. The maximum Gasteiger partial charge on any atom is 0.327 e. The highest BCUT2D eigenvalue weighted by molar-refractivity contribution is 7.86. The van der Waals surface area contributed by atoms with Crippen LogP contribution < -0.4 is 18.1 Å². The molecule has 0 atom stereocenters. The Bertz CT molecular complexity index is 639. The van der Waals surface area contributed by atoms with Crippen molar-refractivity contribution in [3.05, 3.63) is 42.0 Å². The van der Waals surface area contributed by atoms with Crippen molar-refractivity contribution >= 4 is 10.0 Å². The Balaban J connectivity index is 0.00000676. The number of allylic oxidation sites excluding steroid dienone is 1. The van der Waals surface area contributed by atoms with Crippen molar-refractivity contribution in [1.82, 2.24) is 0 Å². The van der Waals surface area contributed by atoms with Gasteiger partial charge < -0.3 is 18.1 Å². The highest BCUT2D eigenvalue weighted by Crippen LogP contribution is 2.26. The van der Waals surface area contributed by atoms with Gasteiger partial charge in [-0.15, -0.1) is 0 Å². The molecule has 2 N–H and O–H groups in total. The van der Waals surface area contributed by atoms with Crippen molar-refractivity contribution in [2.24, 2.45) is 5.73 Å². The number of halogens is 1. The predicted octanol–water partition coefficient (Wildman–Crippen LogP) is 1.26. The average Bonchev–Trinajstić information content (AvgIpc) is 2.65. The summed E-state index contributed by atoms with van der Waals surface area (Å²) in [6.45, 7) is 8.59. The van der Waals surface area contributed by atoms with Crippen molar-refractivity contribution in [1.29, 1.82) is 0 Å². The van der Waals surface area contributed by atoms with E-state index < -0.39 is 10.0 Å². The van der Waals surface area contributed by atoms with Crippen LogP contribution >= 0.6 is 0 Å². The quantitative estimate of drug-likeness (QED) is 0.299. The van der Waals surface area contributed by atoms with Gasteiger partial charge in [0.25, 0.3) is 0 Å². The standard InChI is InChI=1S/C21H37N2O2S.ClH/c1-4-7-8-9-12-19-23(5-2,6-3)26(24,25)21-16-14-20(15-17-21)13-10-11-18-22;/h10-11,14-17H,4-9,12-13,18-19,22H2,1-3H3;1H/q+1;/p-1. The van der Waals surface area contributed by atoms with E-state index in [1.165, 1.54) is 19.3 Å². The second-order valence-electron chi connectivity index (χ2n) is 6.86. The Labute approximate surface area is 172 Å².